The van der Waals surface area contributed by atoms with Gasteiger partial charge in [-0.3, -0.25) is 14.4 Å². The lowest BCUT2D eigenvalue weighted by Gasteiger charge is -2.35. The second-order valence-corrected chi connectivity index (χ2v) is 11.4. The van der Waals surface area contributed by atoms with Crippen LogP contribution in [-0.4, -0.2) is 86.9 Å². The number of likely N-dealkylation sites (N-methyl/N-ethyl adjacent to an activating group) is 1. The average Bonchev–Trinajstić information content (AvgIpc) is 3.18. The van der Waals surface area contributed by atoms with Crippen LogP contribution in [-0.2, 0) is 20.9 Å². The first kappa shape index (κ1) is 24.1. The molecule has 0 bridgehead atoms. The Hall–Kier alpha value is -2.58. The number of carbonyl (C=O) groups excluding carboxylic acids is 3. The molecular formula is C27H33N3O4S. The molecule has 0 saturated carbocycles. The first-order valence-electron chi connectivity index (χ1n) is 12.5. The largest absolute Gasteiger partial charge is 0.396 e. The predicted molar refractivity (Wildman–Crippen MR) is 135 cm³/mol. The van der Waals surface area contributed by atoms with Gasteiger partial charge in [-0.25, -0.2) is 0 Å². The number of aliphatic hydroxyl groups is 1. The quantitative estimate of drug-likeness (QED) is 0.463. The normalized spacial score (nSPS) is 31.9. The number of hydrogen-bond donors (Lipinski definition) is 1. The molecule has 5 atom stereocenters. The summed E-state index contributed by atoms with van der Waals surface area (Å²) in [5, 5.41) is 9.06. The summed E-state index contributed by atoms with van der Waals surface area (Å²) >= 11 is 1.62. The van der Waals surface area contributed by atoms with Crippen molar-refractivity contribution in [2.45, 2.75) is 41.8 Å². The first-order valence-corrected chi connectivity index (χ1v) is 13.4. The zero-order valence-electron chi connectivity index (χ0n) is 20.1. The number of likely N-dealkylation sites (tertiary alicyclic amines) is 1. The van der Waals surface area contributed by atoms with Crippen LogP contribution in [0.2, 0.25) is 0 Å². The molecule has 2 saturated heterocycles. The molecule has 2 fully saturated rings. The van der Waals surface area contributed by atoms with Crippen molar-refractivity contribution in [3.05, 3.63) is 60.2 Å². The van der Waals surface area contributed by atoms with Crippen molar-refractivity contribution in [2.24, 2.45) is 11.8 Å². The van der Waals surface area contributed by atoms with Gasteiger partial charge in [0.2, 0.25) is 17.7 Å². The summed E-state index contributed by atoms with van der Waals surface area (Å²) in [5.41, 5.74) is 1.05. The molecule has 1 unspecified atom stereocenters. The number of rotatable bonds is 7. The number of aliphatic hydroxyl groups excluding tert-OH is 1. The molecule has 0 aliphatic carbocycles. The smallest absolute Gasteiger partial charge is 0.247 e. The van der Waals surface area contributed by atoms with Gasteiger partial charge >= 0.3 is 0 Å². The van der Waals surface area contributed by atoms with Crippen LogP contribution in [0.15, 0.2) is 54.6 Å². The molecule has 4 heterocycles. The highest BCUT2D eigenvalue weighted by atomic mass is 32.2. The Balaban J connectivity index is 1.52. The van der Waals surface area contributed by atoms with Crippen molar-refractivity contribution >= 4 is 29.5 Å². The van der Waals surface area contributed by atoms with Crippen LogP contribution in [0.3, 0.4) is 0 Å². The number of amides is 3. The van der Waals surface area contributed by atoms with E-state index in [4.69, 9.17) is 0 Å². The van der Waals surface area contributed by atoms with Gasteiger partial charge in [-0.15, -0.1) is 11.8 Å². The van der Waals surface area contributed by atoms with E-state index >= 15 is 0 Å². The Morgan fingerprint density at radius 1 is 1.00 bits per heavy atom. The van der Waals surface area contributed by atoms with Crippen LogP contribution in [0.25, 0.3) is 0 Å². The lowest BCUT2D eigenvalue weighted by molar-refractivity contribution is -0.144. The number of thioether (sulfide) groups is 1. The zero-order chi connectivity index (χ0) is 24.6. The Morgan fingerprint density at radius 3 is 2.57 bits per heavy atom. The highest BCUT2D eigenvalue weighted by Crippen LogP contribution is 2.61. The third kappa shape index (κ3) is 4.10. The van der Waals surface area contributed by atoms with Crippen molar-refractivity contribution in [3.8, 4) is 0 Å². The fourth-order valence-electron chi connectivity index (χ4n) is 6.07. The van der Waals surface area contributed by atoms with Crippen molar-refractivity contribution in [1.29, 1.82) is 0 Å². The summed E-state index contributed by atoms with van der Waals surface area (Å²) < 4.78 is -0.760. The van der Waals surface area contributed by atoms with E-state index < -0.39 is 22.6 Å². The van der Waals surface area contributed by atoms with Crippen LogP contribution in [0.1, 0.15) is 24.8 Å². The monoisotopic (exact) mass is 495 g/mol. The molecule has 35 heavy (non-hydrogen) atoms. The van der Waals surface area contributed by atoms with E-state index in [0.717, 1.165) is 12.0 Å². The SMILES string of the molecule is CN1CC=C[C@@H]2S[C@]34C=CCN(Cc5ccccc5)C(=O)C3N(CCCCCO)C(=O)[C@@H]4[C@@H]2C1=O. The topological polar surface area (TPSA) is 81.2 Å². The van der Waals surface area contributed by atoms with E-state index in [1.165, 1.54) is 0 Å². The summed E-state index contributed by atoms with van der Waals surface area (Å²) in [4.78, 5) is 46.9. The van der Waals surface area contributed by atoms with Crippen LogP contribution in [0.5, 0.6) is 0 Å². The second kappa shape index (κ2) is 9.82. The minimum Gasteiger partial charge on any atom is -0.396 e. The van der Waals surface area contributed by atoms with E-state index in [-0.39, 0.29) is 29.6 Å². The highest BCUT2D eigenvalue weighted by molar-refractivity contribution is 8.02. The molecule has 5 rings (SSSR count). The third-order valence-electron chi connectivity index (χ3n) is 7.72. The van der Waals surface area contributed by atoms with Gasteiger partial charge in [-0.1, -0.05) is 54.6 Å². The third-order valence-corrected chi connectivity index (χ3v) is 9.46. The fraction of sp³-hybridized carbons (Fsp3) is 0.519. The summed E-state index contributed by atoms with van der Waals surface area (Å²) in [6.45, 7) is 2.06. The van der Waals surface area contributed by atoms with Gasteiger partial charge in [0, 0.05) is 45.1 Å². The van der Waals surface area contributed by atoms with E-state index in [1.54, 1.807) is 28.6 Å². The summed E-state index contributed by atoms with van der Waals surface area (Å²) in [6.07, 6.45) is 10.3. The molecule has 4 aliphatic heterocycles. The van der Waals surface area contributed by atoms with E-state index in [1.807, 2.05) is 47.4 Å². The first-order chi connectivity index (χ1) is 17.0. The van der Waals surface area contributed by atoms with E-state index in [0.29, 0.717) is 39.0 Å². The Bertz CT molecular complexity index is 1040. The minimum atomic E-state index is -0.760. The molecular weight excluding hydrogens is 462 g/mol. The fourth-order valence-corrected chi connectivity index (χ4v) is 8.07. The molecule has 0 aromatic heterocycles. The molecule has 4 aliphatic rings. The molecule has 3 amide bonds. The lowest BCUT2D eigenvalue weighted by Crippen LogP contribution is -2.53. The number of carbonyl (C=O) groups is 3. The standard InChI is InChI=1S/C27H33N3O4S/c1-28-14-8-12-20-21(24(28)32)22-25(33)30(16-6-3-7-17-31)23-26(34)29(15-9-13-27(22,23)35-20)18-19-10-4-2-5-11-19/h2,4-5,8-13,20-23,31H,3,6-7,14-18H2,1H3/t20-,21+,22-,23?,27-/m0/s1. The van der Waals surface area contributed by atoms with Gasteiger partial charge in [0.1, 0.15) is 6.04 Å². The highest BCUT2D eigenvalue weighted by Gasteiger charge is 2.70. The van der Waals surface area contributed by atoms with Gasteiger partial charge in [0.15, 0.2) is 0 Å². The number of benzene rings is 1. The molecule has 7 nitrogen and oxygen atoms in total. The van der Waals surface area contributed by atoms with Gasteiger partial charge in [0.25, 0.3) is 0 Å². The second-order valence-electron chi connectivity index (χ2n) is 9.91. The maximum absolute atomic E-state index is 14.2. The van der Waals surface area contributed by atoms with E-state index in [9.17, 15) is 19.5 Å². The summed E-state index contributed by atoms with van der Waals surface area (Å²) in [6, 6.07) is 9.26. The van der Waals surface area contributed by atoms with Gasteiger partial charge in [0.05, 0.1) is 16.6 Å². The summed E-state index contributed by atoms with van der Waals surface area (Å²) in [5.74, 6) is -1.19. The molecule has 186 valence electrons. The zero-order valence-corrected chi connectivity index (χ0v) is 20.9. The molecule has 1 spiro atoms. The number of fused-ring (bicyclic) bond motifs is 2. The van der Waals surface area contributed by atoms with Gasteiger partial charge in [-0.2, -0.15) is 0 Å². The number of hydrogen-bond acceptors (Lipinski definition) is 5. The van der Waals surface area contributed by atoms with Crippen molar-refractivity contribution in [1.82, 2.24) is 14.7 Å². The van der Waals surface area contributed by atoms with Crippen LogP contribution >= 0.6 is 11.8 Å². The Morgan fingerprint density at radius 2 is 1.80 bits per heavy atom. The van der Waals surface area contributed by atoms with Crippen LogP contribution in [0, 0.1) is 11.8 Å². The van der Waals surface area contributed by atoms with Crippen LogP contribution < -0.4 is 0 Å². The van der Waals surface area contributed by atoms with Crippen LogP contribution in [0.4, 0.5) is 0 Å². The van der Waals surface area contributed by atoms with E-state index in [2.05, 4.69) is 12.2 Å². The lowest BCUT2D eigenvalue weighted by atomic mass is 9.78. The maximum Gasteiger partial charge on any atom is 0.247 e. The Kier molecular flexibility index (Phi) is 6.77. The number of unbranched alkanes of at least 4 members (excludes halogenated alkanes) is 2. The van der Waals surface area contributed by atoms with Crippen molar-refractivity contribution < 1.29 is 19.5 Å². The van der Waals surface area contributed by atoms with Gasteiger partial charge < -0.3 is 19.8 Å². The van der Waals surface area contributed by atoms with Crippen molar-refractivity contribution in [3.63, 3.8) is 0 Å². The number of nitrogens with zero attached hydrogens (tertiary/aromatic N) is 3. The molecule has 1 N–H and O–H groups in total. The molecule has 1 aromatic carbocycles. The molecule has 1 aromatic rings. The average molecular weight is 496 g/mol. The van der Waals surface area contributed by atoms with Crippen molar-refractivity contribution in [2.75, 3.05) is 33.3 Å². The molecule has 8 heteroatoms. The summed E-state index contributed by atoms with van der Waals surface area (Å²) in [7, 11) is 1.78. The Labute approximate surface area is 210 Å². The molecule has 0 radical (unpaired) electrons. The van der Waals surface area contributed by atoms with Gasteiger partial charge in [-0.05, 0) is 24.8 Å². The minimum absolute atomic E-state index is 0.0187. The predicted octanol–water partition coefficient (Wildman–Crippen LogP) is 2.07. The maximum atomic E-state index is 14.2.